The molecule has 2 aliphatic rings. The predicted molar refractivity (Wildman–Crippen MR) is 177 cm³/mol. The van der Waals surface area contributed by atoms with Gasteiger partial charge in [-0.05, 0) is 83.6 Å². The molecule has 0 radical (unpaired) electrons. The summed E-state index contributed by atoms with van der Waals surface area (Å²) in [5.41, 5.74) is 1.20. The van der Waals surface area contributed by atoms with E-state index in [9.17, 15) is 27.6 Å². The summed E-state index contributed by atoms with van der Waals surface area (Å²) in [6.45, 7) is 7.49. The van der Waals surface area contributed by atoms with Gasteiger partial charge < -0.3 is 20.1 Å². The van der Waals surface area contributed by atoms with E-state index >= 15 is 0 Å². The Bertz CT molecular complexity index is 1570. The van der Waals surface area contributed by atoms with Crippen molar-refractivity contribution in [2.45, 2.75) is 82.1 Å². The Kier molecular flexibility index (Phi) is 12.3. The number of halogens is 1. The molecule has 0 spiro atoms. The van der Waals surface area contributed by atoms with Crippen LogP contribution in [-0.2, 0) is 46.7 Å². The van der Waals surface area contributed by atoms with Gasteiger partial charge in [0.25, 0.3) is 10.0 Å². The van der Waals surface area contributed by atoms with Gasteiger partial charge in [-0.3, -0.25) is 14.5 Å². The van der Waals surface area contributed by atoms with E-state index in [2.05, 4.69) is 10.6 Å². The molecule has 1 unspecified atom stereocenters. The van der Waals surface area contributed by atoms with Gasteiger partial charge in [-0.15, -0.1) is 11.3 Å². The summed E-state index contributed by atoms with van der Waals surface area (Å²) in [6, 6.07) is 5.72. The molecule has 0 aliphatic carbocycles. The van der Waals surface area contributed by atoms with Crippen molar-refractivity contribution in [3.8, 4) is 0 Å². The normalized spacial score (nSPS) is 16.1. The molecule has 0 saturated carbocycles. The van der Waals surface area contributed by atoms with Crippen molar-refractivity contribution >= 4 is 62.7 Å². The molecule has 3 amide bonds. The Hall–Kier alpha value is -3.27. The molecule has 13 nitrogen and oxygen atoms in total. The highest BCUT2D eigenvalue weighted by Gasteiger charge is 2.42. The van der Waals surface area contributed by atoms with Gasteiger partial charge in [0, 0.05) is 38.3 Å². The maximum Gasteiger partial charge on any atom is 0.416 e. The first-order chi connectivity index (χ1) is 22.2. The van der Waals surface area contributed by atoms with Crippen LogP contribution in [0.4, 0.5) is 10.6 Å². The van der Waals surface area contributed by atoms with Crippen molar-refractivity contribution in [1.82, 2.24) is 19.9 Å². The van der Waals surface area contributed by atoms with Crippen LogP contribution in [0.25, 0.3) is 0 Å². The lowest BCUT2D eigenvalue weighted by atomic mass is 10.0. The third-order valence-corrected chi connectivity index (χ3v) is 11.1. The lowest BCUT2D eigenvalue weighted by molar-refractivity contribution is -0.148. The number of aryl methyl sites for hydroxylation is 2. The van der Waals surface area contributed by atoms with Crippen LogP contribution in [-0.4, -0.2) is 86.0 Å². The molecule has 0 aromatic carbocycles. The SMILES string of the molecule is CCOC(=O)C(CNC(=O)CCCCc1ccc2c(n1)N(C(=O)OC(C)(C)C)CCC2)NC(=O)C1CN(S(=O)(=O)c2ccc(Cl)s2)C1. The van der Waals surface area contributed by atoms with Crippen LogP contribution in [0.2, 0.25) is 4.34 Å². The number of nitrogens with zero attached hydrogens (tertiary/aromatic N) is 3. The smallest absolute Gasteiger partial charge is 0.416 e. The molecule has 0 bridgehead atoms. The Morgan fingerprint density at radius 3 is 2.53 bits per heavy atom. The van der Waals surface area contributed by atoms with Gasteiger partial charge in [0.15, 0.2) is 0 Å². The van der Waals surface area contributed by atoms with Crippen molar-refractivity contribution in [2.75, 3.05) is 37.7 Å². The number of amides is 3. The maximum atomic E-state index is 12.9. The van der Waals surface area contributed by atoms with E-state index in [1.807, 2.05) is 32.9 Å². The van der Waals surface area contributed by atoms with Crippen LogP contribution in [0, 0.1) is 5.92 Å². The quantitative estimate of drug-likeness (QED) is 0.233. The van der Waals surface area contributed by atoms with Gasteiger partial charge in [-0.25, -0.2) is 23.0 Å². The molecule has 258 valence electrons. The molecule has 2 N–H and O–H groups in total. The number of hydrogen-bond acceptors (Lipinski definition) is 10. The topological polar surface area (TPSA) is 164 Å². The number of hydrogen-bond donors (Lipinski definition) is 2. The maximum absolute atomic E-state index is 12.9. The van der Waals surface area contributed by atoms with Crippen LogP contribution in [0.1, 0.15) is 64.6 Å². The Labute approximate surface area is 284 Å². The van der Waals surface area contributed by atoms with Crippen LogP contribution >= 0.6 is 22.9 Å². The van der Waals surface area contributed by atoms with Gasteiger partial charge in [-0.2, -0.15) is 4.31 Å². The molecule has 1 saturated heterocycles. The first-order valence-corrected chi connectivity index (χ1v) is 18.3. The van der Waals surface area contributed by atoms with E-state index in [0.29, 0.717) is 36.0 Å². The Morgan fingerprint density at radius 2 is 1.87 bits per heavy atom. The van der Waals surface area contributed by atoms with Crippen LogP contribution < -0.4 is 15.5 Å². The first kappa shape index (κ1) is 36.6. The fourth-order valence-corrected chi connectivity index (χ4v) is 8.27. The fourth-order valence-electron chi connectivity index (χ4n) is 5.10. The molecule has 2 aromatic heterocycles. The third kappa shape index (κ3) is 9.87. The van der Waals surface area contributed by atoms with E-state index in [-0.39, 0.29) is 42.8 Å². The third-order valence-electron chi connectivity index (χ3n) is 7.55. The number of aromatic nitrogens is 1. The van der Waals surface area contributed by atoms with Crippen molar-refractivity contribution in [3.05, 3.63) is 39.9 Å². The van der Waals surface area contributed by atoms with Gasteiger partial charge in [-0.1, -0.05) is 17.7 Å². The molecular weight excluding hydrogens is 670 g/mol. The first-order valence-electron chi connectivity index (χ1n) is 15.7. The van der Waals surface area contributed by atoms with Crippen molar-refractivity contribution < 1.29 is 37.1 Å². The summed E-state index contributed by atoms with van der Waals surface area (Å²) in [5, 5.41) is 5.29. The summed E-state index contributed by atoms with van der Waals surface area (Å²) in [7, 11) is -3.75. The minimum Gasteiger partial charge on any atom is -0.464 e. The number of fused-ring (bicyclic) bond motifs is 1. The molecule has 4 rings (SSSR count). The number of ether oxygens (including phenoxy) is 2. The number of esters is 1. The van der Waals surface area contributed by atoms with Gasteiger partial charge >= 0.3 is 12.1 Å². The fraction of sp³-hybridized carbons (Fsp3) is 0.581. The molecule has 2 aromatic rings. The molecule has 4 heterocycles. The lowest BCUT2D eigenvalue weighted by Gasteiger charge is -2.37. The molecule has 1 atom stereocenters. The van der Waals surface area contributed by atoms with E-state index in [4.69, 9.17) is 26.1 Å². The van der Waals surface area contributed by atoms with Gasteiger partial charge in [0.2, 0.25) is 11.8 Å². The number of sulfonamides is 1. The van der Waals surface area contributed by atoms with Crippen LogP contribution in [0.3, 0.4) is 0 Å². The number of unbranched alkanes of at least 4 members (excludes halogenated alkanes) is 1. The standard InChI is InChI=1S/C31H42ClN5O8S2/c1-5-44-29(40)23(35-28(39)21-18-36(19-21)47(42,43)26-15-14-24(32)46-26)17-33-25(38)11-7-6-10-22-13-12-20-9-8-16-37(27(20)34-22)30(41)45-31(2,3)4/h12-15,21,23H,5-11,16-19H2,1-4H3,(H,33,38)(H,35,39). The zero-order chi connectivity index (χ0) is 34.4. The minimum absolute atomic E-state index is 0.0380. The predicted octanol–water partition coefficient (Wildman–Crippen LogP) is 3.68. The number of pyridine rings is 1. The van der Waals surface area contributed by atoms with Crippen LogP contribution in [0.15, 0.2) is 28.5 Å². The number of carbonyl (C=O) groups is 4. The second kappa shape index (κ2) is 15.8. The Balaban J connectivity index is 1.22. The number of rotatable bonds is 13. The molecular formula is C31H42ClN5O8S2. The molecule has 1 fully saturated rings. The lowest BCUT2D eigenvalue weighted by Crippen LogP contribution is -2.59. The summed E-state index contributed by atoms with van der Waals surface area (Å²) >= 11 is 6.80. The molecule has 16 heteroatoms. The number of carbonyl (C=O) groups excluding carboxylic acids is 4. The second-order valence-electron chi connectivity index (χ2n) is 12.4. The summed E-state index contributed by atoms with van der Waals surface area (Å²) in [5.74, 6) is -1.52. The largest absolute Gasteiger partial charge is 0.464 e. The van der Waals surface area contributed by atoms with Crippen molar-refractivity contribution in [1.29, 1.82) is 0 Å². The number of nitrogens with one attached hydrogen (secondary N) is 2. The highest BCUT2D eigenvalue weighted by Crippen LogP contribution is 2.32. The van der Waals surface area contributed by atoms with Crippen molar-refractivity contribution in [2.24, 2.45) is 5.92 Å². The highest BCUT2D eigenvalue weighted by molar-refractivity contribution is 7.91. The monoisotopic (exact) mass is 711 g/mol. The van der Waals surface area contributed by atoms with Gasteiger partial charge in [0.05, 0.1) is 16.9 Å². The number of anilines is 1. The molecule has 2 aliphatic heterocycles. The van der Waals surface area contributed by atoms with E-state index in [1.165, 1.54) is 16.4 Å². The van der Waals surface area contributed by atoms with E-state index < -0.39 is 45.6 Å². The number of thiophene rings is 1. The summed E-state index contributed by atoms with van der Waals surface area (Å²) in [4.78, 5) is 57.1. The van der Waals surface area contributed by atoms with Crippen molar-refractivity contribution in [3.63, 3.8) is 0 Å². The van der Waals surface area contributed by atoms with Gasteiger partial charge in [0.1, 0.15) is 21.7 Å². The average Bonchev–Trinajstić information content (AvgIpc) is 3.42. The second-order valence-corrected chi connectivity index (χ2v) is 16.3. The Morgan fingerprint density at radius 1 is 1.13 bits per heavy atom. The average molecular weight is 712 g/mol. The van der Waals surface area contributed by atoms with E-state index in [1.54, 1.807) is 11.8 Å². The van der Waals surface area contributed by atoms with Crippen LogP contribution in [0.5, 0.6) is 0 Å². The zero-order valence-corrected chi connectivity index (χ0v) is 29.4. The summed E-state index contributed by atoms with van der Waals surface area (Å²) < 4.78 is 37.7. The van der Waals surface area contributed by atoms with E-state index in [0.717, 1.165) is 35.4 Å². The molecule has 47 heavy (non-hydrogen) atoms. The summed E-state index contributed by atoms with van der Waals surface area (Å²) in [6.07, 6.45) is 3.28. The highest BCUT2D eigenvalue weighted by atomic mass is 35.5. The minimum atomic E-state index is -3.75. The zero-order valence-electron chi connectivity index (χ0n) is 27.0.